The molecular weight excluding hydrogens is 1570 g/mol. The van der Waals surface area contributed by atoms with Gasteiger partial charge in [-0.2, -0.15) is 0 Å². The zero-order valence-corrected chi connectivity index (χ0v) is 81.4. The number of nitrogens with zero attached hydrogens (tertiary/aromatic N) is 13. The minimum Gasteiger partial charge on any atom is -0.474 e. The number of amides is 1. The molecule has 4 N–H and O–H groups in total. The average Bonchev–Trinajstić information content (AvgIpc) is 1.63. The maximum absolute atomic E-state index is 11.5. The second-order valence-electron chi connectivity index (χ2n) is 42.7. The van der Waals surface area contributed by atoms with E-state index in [2.05, 4.69) is 265 Å². The number of hydrogen-bond acceptors (Lipinski definition) is 21. The first kappa shape index (κ1) is 102. The summed E-state index contributed by atoms with van der Waals surface area (Å²) in [6.07, 6.45) is 34.9. The fourth-order valence-electron chi connectivity index (χ4n) is 15.9. The molecule has 0 aromatic carbocycles. The second-order valence-corrected chi connectivity index (χ2v) is 44.7. The van der Waals surface area contributed by atoms with Crippen LogP contribution in [0.15, 0.2) is 111 Å². The van der Waals surface area contributed by atoms with Gasteiger partial charge >= 0.3 is 0 Å². The fourth-order valence-corrected chi connectivity index (χ4v) is 16.8. The molecule has 23 nitrogen and oxygen atoms in total. The third kappa shape index (κ3) is 36.3. The molecule has 24 heteroatoms. The molecule has 3 unspecified atom stereocenters. The Morgan fingerprint density at radius 1 is 0.444 bits per heavy atom. The van der Waals surface area contributed by atoms with E-state index in [1.165, 1.54) is 123 Å². The molecule has 7 saturated heterocycles. The molecule has 7 aliphatic heterocycles. The highest BCUT2D eigenvalue weighted by atomic mass is 32.2. The highest BCUT2D eigenvalue weighted by molar-refractivity contribution is 7.88. The Morgan fingerprint density at radius 2 is 0.887 bits per heavy atom. The van der Waals surface area contributed by atoms with Crippen molar-refractivity contribution in [1.29, 1.82) is 0 Å². The number of rotatable bonds is 15. The first-order valence-electron chi connectivity index (χ1n) is 46.2. The van der Waals surface area contributed by atoms with Gasteiger partial charge in [0.1, 0.15) is 37.0 Å². The summed E-state index contributed by atoms with van der Waals surface area (Å²) in [6.45, 7) is 61.4. The van der Waals surface area contributed by atoms with Crippen molar-refractivity contribution in [3.63, 3.8) is 0 Å². The van der Waals surface area contributed by atoms with E-state index >= 15 is 0 Å². The van der Waals surface area contributed by atoms with Crippen LogP contribution in [0.5, 0.6) is 11.8 Å². The lowest BCUT2D eigenvalue weighted by Gasteiger charge is -2.32. The lowest BCUT2D eigenvalue weighted by atomic mass is 9.85. The highest BCUT2D eigenvalue weighted by Crippen LogP contribution is 2.32. The normalized spacial score (nSPS) is 19.4. The van der Waals surface area contributed by atoms with E-state index in [-0.39, 0.29) is 49.9 Å². The predicted octanol–water partition coefficient (Wildman–Crippen LogP) is 17.0. The largest absolute Gasteiger partial charge is 0.474 e. The van der Waals surface area contributed by atoms with Gasteiger partial charge in [0.15, 0.2) is 0 Å². The van der Waals surface area contributed by atoms with Gasteiger partial charge in [-0.15, -0.1) is 0 Å². The fraction of sp³-hybridized carbons (Fsp3) is 0.670. The zero-order chi connectivity index (χ0) is 90.7. The monoisotopic (exact) mass is 1730 g/mol. The molecule has 0 radical (unpaired) electrons. The Hall–Kier alpha value is -7.58. The molecule has 0 spiro atoms. The van der Waals surface area contributed by atoms with Crippen molar-refractivity contribution in [2.45, 2.75) is 305 Å². The van der Waals surface area contributed by atoms with Crippen LogP contribution in [0.2, 0.25) is 0 Å². The highest BCUT2D eigenvalue weighted by Gasteiger charge is 2.31. The molecule has 686 valence electrons. The number of sulfonamides is 1. The van der Waals surface area contributed by atoms with Crippen LogP contribution in [-0.2, 0) is 83.1 Å². The number of likely N-dealkylation sites (tertiary alicyclic amines) is 2. The number of pyridine rings is 4. The number of nitrogens with one attached hydrogen (secondary N) is 4. The topological polar surface area (TPSA) is 266 Å². The summed E-state index contributed by atoms with van der Waals surface area (Å²) < 4.78 is 41.7. The molecule has 14 heterocycles. The summed E-state index contributed by atoms with van der Waals surface area (Å²) in [5.41, 5.74) is 14.3. The summed E-state index contributed by atoms with van der Waals surface area (Å²) in [4.78, 5) is 58.9. The Balaban J connectivity index is 0.000000180. The molecule has 1 amide bonds. The second kappa shape index (κ2) is 46.9. The Morgan fingerprint density at radius 3 is 1.35 bits per heavy atom. The molecule has 7 aliphatic rings. The molecule has 0 bridgehead atoms. The van der Waals surface area contributed by atoms with Gasteiger partial charge in [0.25, 0.3) is 0 Å². The van der Waals surface area contributed by atoms with Gasteiger partial charge in [-0.3, -0.25) is 19.7 Å². The van der Waals surface area contributed by atoms with Gasteiger partial charge in [-0.25, -0.2) is 47.6 Å². The van der Waals surface area contributed by atoms with Gasteiger partial charge in [0, 0.05) is 141 Å². The third-order valence-corrected chi connectivity index (χ3v) is 25.4. The first-order chi connectivity index (χ1) is 58.2. The molecule has 0 saturated carbocycles. The average molecular weight is 1730 g/mol. The van der Waals surface area contributed by atoms with E-state index in [1.54, 1.807) is 30.2 Å². The van der Waals surface area contributed by atoms with Crippen molar-refractivity contribution < 1.29 is 27.4 Å². The summed E-state index contributed by atoms with van der Waals surface area (Å²) in [5, 5.41) is 13.7. The maximum Gasteiger partial charge on any atom is 0.219 e. The lowest BCUT2D eigenvalue weighted by Crippen LogP contribution is -2.41. The quantitative estimate of drug-likeness (QED) is 0.0743. The predicted molar refractivity (Wildman–Crippen MR) is 505 cm³/mol. The molecule has 7 fully saturated rings. The van der Waals surface area contributed by atoms with Crippen LogP contribution in [0.1, 0.15) is 285 Å². The van der Waals surface area contributed by atoms with Crippen molar-refractivity contribution in [2.75, 3.05) is 110 Å². The van der Waals surface area contributed by atoms with Crippen molar-refractivity contribution in [3.05, 3.63) is 173 Å². The smallest absolute Gasteiger partial charge is 0.219 e. The van der Waals surface area contributed by atoms with Crippen molar-refractivity contribution in [1.82, 2.24) is 79.9 Å². The molecule has 14 rings (SSSR count). The molecule has 0 aliphatic carbocycles. The molecule has 7 aromatic rings. The Bertz CT molecular complexity index is 4180. The van der Waals surface area contributed by atoms with Crippen LogP contribution in [0.4, 0.5) is 5.82 Å². The summed E-state index contributed by atoms with van der Waals surface area (Å²) in [5.74, 6) is 5.30. The van der Waals surface area contributed by atoms with E-state index in [0.717, 1.165) is 144 Å². The SMILES string of the molecule is CC(=O)N1CCC(Nc2cc(C(C)(C)C)ccn2)CC1.CC(C)(C)c1cc(CC2CCN(S(C)(=O)=O)C2)ncn1.CC(C)(C)c1cc(OC2CCNCC2)ncn1.CC(C)(C)c1cc(OC2CCOCC2)ncn1.CC(C)(C)c1cncc(CC2CCNC2)c1.CC(C)(C)c1cncc(CC2CCNCC2)c1.CN1CCC(Cc2cc(C(C)(C)C)ccn2)C1. The number of hydrogen-bond donors (Lipinski definition) is 4. The van der Waals surface area contributed by atoms with Gasteiger partial charge < -0.3 is 45.3 Å². The summed E-state index contributed by atoms with van der Waals surface area (Å²) in [7, 11) is -0.851. The standard InChI is InChI=1S/C16H25N3O.2C15H24N2.C14H23N3O2S.C14H22N2.C13H21N3O.C13H20N2O2/c1-12(20)19-9-6-14(7-10-19)18-15-11-13(5-8-17-15)16(2,3)4;1-15(2,3)13-5-7-16-14(10-13)9-12-6-8-17(4)11-12;1-15(2,3)14-9-13(10-17-11-14)8-12-4-6-16-7-5-12;1-14(2,3)13-8-12(15-10-16-13)7-11-5-6-17(9-11)20(4,18)19;1-14(2,3)13-7-12(9-16-10-13)6-11-4-5-15-8-11;1-13(2,3)11-8-12(16-9-15-11)17-10-4-6-14-7-5-10;1-13(2,3)11-8-12(15-9-14-11)17-10-4-6-16-7-5-10/h5,8,11,14H,6-7,9-10H2,1-4H3,(H,17,18);5,7,10,12H,6,8-9,11H2,1-4H3;9-12,16H,4-8H2,1-3H3;8,10-11H,5-7,9H2,1-4H3;7,9-11,15H,4-6,8H2,1-3H3;8-10,14H,4-7H2,1-3H3;8-10H,4-7H2,1-3H3. The van der Waals surface area contributed by atoms with Crippen LogP contribution >= 0.6 is 0 Å². The van der Waals surface area contributed by atoms with E-state index in [1.807, 2.05) is 60.3 Å². The van der Waals surface area contributed by atoms with E-state index < -0.39 is 10.0 Å². The minimum atomic E-state index is -3.06. The summed E-state index contributed by atoms with van der Waals surface area (Å²) in [6, 6.07) is 19.7. The Kier molecular flexibility index (Phi) is 38.5. The van der Waals surface area contributed by atoms with Crippen molar-refractivity contribution >= 4 is 21.7 Å². The first-order valence-corrected chi connectivity index (χ1v) is 48.0. The number of ether oxygens (including phenoxy) is 3. The molecule has 124 heavy (non-hydrogen) atoms. The van der Waals surface area contributed by atoms with Crippen LogP contribution in [-0.4, -0.2) is 202 Å². The summed E-state index contributed by atoms with van der Waals surface area (Å²) >= 11 is 0. The maximum atomic E-state index is 11.5. The van der Waals surface area contributed by atoms with Crippen LogP contribution in [0.25, 0.3) is 0 Å². The molecular formula is C100H159N17O6S. The molecule has 3 atom stereocenters. The van der Waals surface area contributed by atoms with E-state index in [9.17, 15) is 13.2 Å². The van der Waals surface area contributed by atoms with Gasteiger partial charge in [0.2, 0.25) is 27.7 Å². The number of anilines is 1. The number of carbonyl (C=O) groups excluding carboxylic acids is 1. The number of piperidine rings is 3. The number of carbonyl (C=O) groups is 1. The van der Waals surface area contributed by atoms with Crippen LogP contribution < -0.4 is 30.7 Å². The lowest BCUT2D eigenvalue weighted by molar-refractivity contribution is -0.129. The van der Waals surface area contributed by atoms with Gasteiger partial charge in [0.05, 0.1) is 30.9 Å². The Labute approximate surface area is 748 Å². The zero-order valence-electron chi connectivity index (χ0n) is 80.6. The van der Waals surface area contributed by atoms with E-state index in [4.69, 9.17) is 14.2 Å². The van der Waals surface area contributed by atoms with Crippen LogP contribution in [0.3, 0.4) is 0 Å². The number of aromatic nitrogens is 10. The third-order valence-electron chi connectivity index (χ3n) is 24.1. The van der Waals surface area contributed by atoms with E-state index in [0.29, 0.717) is 42.9 Å². The van der Waals surface area contributed by atoms with Gasteiger partial charge in [-0.05, 0) is 245 Å². The minimum absolute atomic E-state index is 0.00611. The van der Waals surface area contributed by atoms with Crippen molar-refractivity contribution in [2.24, 2.45) is 23.7 Å². The molecule has 7 aromatic heterocycles. The van der Waals surface area contributed by atoms with Crippen LogP contribution in [0, 0.1) is 23.7 Å². The van der Waals surface area contributed by atoms with Gasteiger partial charge in [-0.1, -0.05) is 158 Å². The van der Waals surface area contributed by atoms with Crippen molar-refractivity contribution in [3.8, 4) is 11.8 Å².